The maximum Gasteiger partial charge on any atom is 0.386 e. The first-order chi connectivity index (χ1) is 9.83. The number of fused-ring (bicyclic) bond motifs is 3. The van der Waals surface area contributed by atoms with E-state index in [9.17, 15) is 5.21 Å². The topological polar surface area (TPSA) is 62.0 Å². The summed E-state index contributed by atoms with van der Waals surface area (Å²) in [5, 5.41) is 12.6. The second-order valence-electron chi connectivity index (χ2n) is 4.68. The van der Waals surface area contributed by atoms with E-state index in [1.54, 1.807) is 29.5 Å². The Hall–Kier alpha value is -2.21. The molecule has 0 spiro atoms. The van der Waals surface area contributed by atoms with Crippen LogP contribution in [0, 0.1) is 5.21 Å². The molecule has 0 amide bonds. The molecule has 0 atom stereocenters. The van der Waals surface area contributed by atoms with Crippen molar-refractivity contribution in [3.63, 3.8) is 0 Å². The van der Waals surface area contributed by atoms with Crippen LogP contribution >= 0.6 is 11.3 Å². The summed E-state index contributed by atoms with van der Waals surface area (Å²) in [4.78, 5) is 10.8. The molecule has 0 saturated carbocycles. The molecule has 3 aromatic rings. The number of aromatic nitrogens is 3. The monoisotopic (exact) mass is 285 g/mol. The Morgan fingerprint density at radius 3 is 3.10 bits per heavy atom. The van der Waals surface area contributed by atoms with Crippen molar-refractivity contribution in [3.8, 4) is 11.8 Å². The van der Waals surface area contributed by atoms with Crippen LogP contribution in [-0.2, 0) is 12.8 Å². The fourth-order valence-corrected chi connectivity index (χ4v) is 3.79. The average molecular weight is 285 g/mol. The first-order valence-corrected chi connectivity index (χ1v) is 7.26. The molecule has 1 aliphatic carbocycles. The number of nitrogens with zero attached hydrogens (tertiary/aromatic N) is 3. The van der Waals surface area contributed by atoms with Crippen LogP contribution in [-0.4, -0.2) is 9.97 Å². The molecule has 6 heteroatoms. The van der Waals surface area contributed by atoms with Crippen LogP contribution in [0.5, 0.6) is 11.8 Å². The molecule has 0 fully saturated rings. The summed E-state index contributed by atoms with van der Waals surface area (Å²) in [5.41, 5.74) is 1.29. The summed E-state index contributed by atoms with van der Waals surface area (Å²) in [5.74, 6) is 0.704. The van der Waals surface area contributed by atoms with Gasteiger partial charge in [-0.05, 0) is 30.9 Å². The minimum atomic E-state index is 0.227. The van der Waals surface area contributed by atoms with Crippen LogP contribution in [0.2, 0.25) is 0 Å². The van der Waals surface area contributed by atoms with Crippen molar-refractivity contribution >= 4 is 21.6 Å². The Morgan fingerprint density at radius 1 is 1.25 bits per heavy atom. The molecule has 0 radical (unpaired) electrons. The van der Waals surface area contributed by atoms with Crippen LogP contribution in [0.1, 0.15) is 16.9 Å². The maximum atomic E-state index is 11.7. The van der Waals surface area contributed by atoms with Crippen LogP contribution < -0.4 is 9.47 Å². The minimum Gasteiger partial charge on any atom is -0.616 e. The van der Waals surface area contributed by atoms with E-state index in [0.717, 1.165) is 23.1 Å². The zero-order valence-electron chi connectivity index (χ0n) is 10.6. The zero-order valence-corrected chi connectivity index (χ0v) is 11.4. The predicted molar refractivity (Wildman–Crippen MR) is 74.9 cm³/mol. The molecule has 20 heavy (non-hydrogen) atoms. The Bertz CT molecular complexity index is 800. The van der Waals surface area contributed by atoms with Gasteiger partial charge in [0.05, 0.1) is 11.5 Å². The number of ether oxygens (including phenoxy) is 1. The molecule has 3 aromatic heterocycles. The standard InChI is InChI=1S/C14H11N3O2S/c18-17-7-2-1-6-11(17)19-13-12-9-4-3-5-10(9)20-14(12)16-8-15-13/h1-2,6-8H,3-5H2. The summed E-state index contributed by atoms with van der Waals surface area (Å²) >= 11 is 1.70. The van der Waals surface area contributed by atoms with Gasteiger partial charge in [0.25, 0.3) is 0 Å². The van der Waals surface area contributed by atoms with Crippen LogP contribution in [0.25, 0.3) is 10.2 Å². The van der Waals surface area contributed by atoms with Gasteiger partial charge in [0.2, 0.25) is 5.88 Å². The quantitative estimate of drug-likeness (QED) is 0.536. The van der Waals surface area contributed by atoms with Gasteiger partial charge in [-0.15, -0.1) is 16.1 Å². The molecule has 0 saturated heterocycles. The molecular formula is C14H11N3O2S. The van der Waals surface area contributed by atoms with E-state index in [1.165, 1.54) is 29.4 Å². The van der Waals surface area contributed by atoms with Crippen LogP contribution in [0.3, 0.4) is 0 Å². The van der Waals surface area contributed by atoms with E-state index in [1.807, 2.05) is 0 Å². The van der Waals surface area contributed by atoms with Gasteiger partial charge in [0.15, 0.2) is 6.20 Å². The normalized spacial score (nSPS) is 13.6. The van der Waals surface area contributed by atoms with Gasteiger partial charge in [-0.25, -0.2) is 9.97 Å². The number of hydrogen-bond acceptors (Lipinski definition) is 5. The molecule has 0 N–H and O–H groups in total. The molecule has 0 aliphatic heterocycles. The molecule has 0 aromatic carbocycles. The van der Waals surface area contributed by atoms with Gasteiger partial charge >= 0.3 is 5.88 Å². The van der Waals surface area contributed by atoms with Crippen molar-refractivity contribution in [2.45, 2.75) is 19.3 Å². The molecule has 1 aliphatic rings. The summed E-state index contributed by atoms with van der Waals surface area (Å²) in [7, 11) is 0. The highest BCUT2D eigenvalue weighted by atomic mass is 32.1. The predicted octanol–water partition coefficient (Wildman–Crippen LogP) is 2.61. The lowest BCUT2D eigenvalue weighted by molar-refractivity contribution is -0.611. The van der Waals surface area contributed by atoms with E-state index >= 15 is 0 Å². The van der Waals surface area contributed by atoms with Gasteiger partial charge in [0, 0.05) is 10.9 Å². The van der Waals surface area contributed by atoms with Crippen molar-refractivity contribution in [3.05, 3.63) is 46.4 Å². The lowest BCUT2D eigenvalue weighted by Crippen LogP contribution is -2.26. The summed E-state index contributed by atoms with van der Waals surface area (Å²) < 4.78 is 6.41. The van der Waals surface area contributed by atoms with Crippen molar-refractivity contribution in [1.82, 2.24) is 9.97 Å². The number of rotatable bonds is 2. The lowest BCUT2D eigenvalue weighted by atomic mass is 10.2. The second-order valence-corrected chi connectivity index (χ2v) is 5.77. The van der Waals surface area contributed by atoms with Gasteiger partial charge in [-0.1, -0.05) is 0 Å². The van der Waals surface area contributed by atoms with Crippen molar-refractivity contribution < 1.29 is 9.47 Å². The van der Waals surface area contributed by atoms with E-state index < -0.39 is 0 Å². The van der Waals surface area contributed by atoms with Crippen LogP contribution in [0.15, 0.2) is 30.7 Å². The molecule has 0 unspecified atom stereocenters. The fraction of sp³-hybridized carbons (Fsp3) is 0.214. The third-order valence-electron chi connectivity index (χ3n) is 3.46. The SMILES string of the molecule is [O-][n+]1ccccc1Oc1ncnc2sc3c(c12)CCC3. The first-order valence-electron chi connectivity index (χ1n) is 6.44. The summed E-state index contributed by atoms with van der Waals surface area (Å²) in [6.07, 6.45) is 6.19. The number of hydrogen-bond donors (Lipinski definition) is 0. The van der Waals surface area contributed by atoms with E-state index in [4.69, 9.17) is 4.74 Å². The molecule has 3 heterocycles. The zero-order chi connectivity index (χ0) is 13.5. The minimum absolute atomic E-state index is 0.227. The van der Waals surface area contributed by atoms with Gasteiger partial charge in [-0.2, -0.15) is 0 Å². The highest BCUT2D eigenvalue weighted by Gasteiger charge is 2.23. The third-order valence-corrected chi connectivity index (χ3v) is 4.66. The van der Waals surface area contributed by atoms with Crippen molar-refractivity contribution in [2.24, 2.45) is 0 Å². The van der Waals surface area contributed by atoms with Gasteiger partial charge in [-0.3, -0.25) is 0 Å². The molecule has 4 rings (SSSR count). The molecule has 0 bridgehead atoms. The van der Waals surface area contributed by atoms with Crippen molar-refractivity contribution in [2.75, 3.05) is 0 Å². The average Bonchev–Trinajstić information content (AvgIpc) is 3.02. The highest BCUT2D eigenvalue weighted by molar-refractivity contribution is 7.18. The van der Waals surface area contributed by atoms with Crippen molar-refractivity contribution in [1.29, 1.82) is 0 Å². The lowest BCUT2D eigenvalue weighted by Gasteiger charge is -2.06. The number of aryl methyl sites for hydroxylation is 2. The second kappa shape index (κ2) is 4.42. The maximum absolute atomic E-state index is 11.7. The Labute approximate surface area is 119 Å². The highest BCUT2D eigenvalue weighted by Crippen LogP contribution is 2.40. The Morgan fingerprint density at radius 2 is 2.20 bits per heavy atom. The molecule has 5 nitrogen and oxygen atoms in total. The van der Waals surface area contributed by atoms with E-state index in [0.29, 0.717) is 10.6 Å². The smallest absolute Gasteiger partial charge is 0.386 e. The molecular weight excluding hydrogens is 274 g/mol. The molecule has 100 valence electrons. The van der Waals surface area contributed by atoms with E-state index in [-0.39, 0.29) is 5.88 Å². The number of pyridine rings is 1. The van der Waals surface area contributed by atoms with Crippen LogP contribution in [0.4, 0.5) is 0 Å². The van der Waals surface area contributed by atoms with Gasteiger partial charge < -0.3 is 9.94 Å². The third kappa shape index (κ3) is 1.72. The fourth-order valence-electron chi connectivity index (χ4n) is 2.57. The Kier molecular flexibility index (Phi) is 2.56. The van der Waals surface area contributed by atoms with Gasteiger partial charge in [0.1, 0.15) is 11.2 Å². The summed E-state index contributed by atoms with van der Waals surface area (Å²) in [6.45, 7) is 0. The first kappa shape index (κ1) is 11.6. The van der Waals surface area contributed by atoms with E-state index in [2.05, 4.69) is 9.97 Å². The summed E-state index contributed by atoms with van der Waals surface area (Å²) in [6, 6.07) is 5.06. The Balaban J connectivity index is 1.86. The number of thiophene rings is 1. The largest absolute Gasteiger partial charge is 0.616 e.